The zero-order valence-corrected chi connectivity index (χ0v) is 17.8. The molecule has 2 aromatic rings. The number of halogens is 2. The lowest BCUT2D eigenvalue weighted by Gasteiger charge is -2.30. The monoisotopic (exact) mass is 459 g/mol. The van der Waals surface area contributed by atoms with Crippen molar-refractivity contribution in [2.45, 2.75) is 11.4 Å². The van der Waals surface area contributed by atoms with Crippen molar-refractivity contribution in [2.24, 2.45) is 0 Å². The van der Waals surface area contributed by atoms with Crippen LogP contribution >= 0.6 is 28.3 Å². The number of hydrogen-bond donors (Lipinski definition) is 2. The Morgan fingerprint density at radius 1 is 1.15 bits per heavy atom. The molecule has 5 nitrogen and oxygen atoms in total. The Labute approximate surface area is 169 Å². The van der Waals surface area contributed by atoms with Crippen molar-refractivity contribution in [1.82, 2.24) is 5.32 Å². The normalized spacial score (nSPS) is 14.6. The lowest BCUT2D eigenvalue weighted by atomic mass is 10.2. The second-order valence-corrected chi connectivity index (χ2v) is 9.07. The third kappa shape index (κ3) is 5.36. The van der Waals surface area contributed by atoms with Crippen LogP contribution in [0.5, 0.6) is 0 Å². The molecule has 0 unspecified atom stereocenters. The van der Waals surface area contributed by atoms with E-state index in [2.05, 4.69) is 31.5 Å². The van der Waals surface area contributed by atoms with Crippen LogP contribution in [0.3, 0.4) is 0 Å². The van der Waals surface area contributed by atoms with Gasteiger partial charge in [0.1, 0.15) is 0 Å². The van der Waals surface area contributed by atoms with E-state index in [9.17, 15) is 8.42 Å². The number of hydrogen-bond acceptors (Lipinski definition) is 5. The zero-order chi connectivity index (χ0) is 17.9. The van der Waals surface area contributed by atoms with E-state index in [4.69, 9.17) is 0 Å². The van der Waals surface area contributed by atoms with Crippen LogP contribution in [0.2, 0.25) is 0 Å². The first kappa shape index (κ1) is 21.0. The minimum atomic E-state index is -3.30. The molecule has 1 aliphatic heterocycles. The van der Waals surface area contributed by atoms with Crippen molar-refractivity contribution >= 4 is 49.5 Å². The second-order valence-electron chi connectivity index (χ2n) is 6.17. The van der Waals surface area contributed by atoms with E-state index in [-0.39, 0.29) is 12.4 Å². The maximum absolute atomic E-state index is 12.1. The largest absolute Gasteiger partial charge is 0.380 e. The van der Waals surface area contributed by atoms with Gasteiger partial charge in [-0.15, -0.1) is 12.4 Å². The van der Waals surface area contributed by atoms with E-state index >= 15 is 0 Å². The summed E-state index contributed by atoms with van der Waals surface area (Å²) in [6.45, 7) is 4.28. The van der Waals surface area contributed by atoms with E-state index in [0.29, 0.717) is 17.1 Å². The summed E-state index contributed by atoms with van der Waals surface area (Å²) in [5.74, 6) is 0. The van der Waals surface area contributed by atoms with Gasteiger partial charge in [-0.1, -0.05) is 28.1 Å². The summed E-state index contributed by atoms with van der Waals surface area (Å²) < 4.78 is 25.3. The van der Waals surface area contributed by atoms with Crippen LogP contribution in [0, 0.1) is 0 Å². The Bertz CT molecular complexity index is 855. The van der Waals surface area contributed by atoms with Crippen molar-refractivity contribution in [3.63, 3.8) is 0 Å². The summed E-state index contributed by atoms with van der Waals surface area (Å²) in [7, 11) is -3.30. The molecule has 26 heavy (non-hydrogen) atoms. The number of nitrogens with zero attached hydrogens (tertiary/aromatic N) is 1. The summed E-state index contributed by atoms with van der Waals surface area (Å²) in [6.07, 6.45) is 1.25. The average Bonchev–Trinajstić information content (AvgIpc) is 2.60. The molecule has 0 bridgehead atoms. The number of nitrogens with one attached hydrogen (secondary N) is 2. The number of sulfone groups is 1. The van der Waals surface area contributed by atoms with Crippen molar-refractivity contribution in [1.29, 1.82) is 0 Å². The minimum absolute atomic E-state index is 0. The highest BCUT2D eigenvalue weighted by molar-refractivity contribution is 9.10. The third-order valence-electron chi connectivity index (χ3n) is 4.22. The van der Waals surface area contributed by atoms with E-state index in [1.54, 1.807) is 6.07 Å². The summed E-state index contributed by atoms with van der Waals surface area (Å²) in [5.41, 5.74) is 2.78. The number of piperazine rings is 1. The first-order valence-electron chi connectivity index (χ1n) is 8.21. The maximum atomic E-state index is 12.1. The van der Waals surface area contributed by atoms with Gasteiger partial charge in [-0.2, -0.15) is 0 Å². The first-order valence-corrected chi connectivity index (χ1v) is 10.9. The van der Waals surface area contributed by atoms with Crippen LogP contribution in [0.25, 0.3) is 0 Å². The molecular weight excluding hydrogens is 438 g/mol. The molecule has 0 radical (unpaired) electrons. The SMILES string of the molecule is CS(=O)(=O)c1ccc(N2CCNCC2)cc1NCc1cccc(Br)c1.Cl. The molecule has 0 saturated carbocycles. The zero-order valence-electron chi connectivity index (χ0n) is 14.5. The molecule has 0 amide bonds. The van der Waals surface area contributed by atoms with E-state index in [1.165, 1.54) is 6.26 Å². The van der Waals surface area contributed by atoms with Gasteiger partial charge in [0.15, 0.2) is 9.84 Å². The van der Waals surface area contributed by atoms with Crippen molar-refractivity contribution < 1.29 is 8.42 Å². The predicted molar refractivity (Wildman–Crippen MR) is 113 cm³/mol. The molecule has 0 spiro atoms. The van der Waals surface area contributed by atoms with Crippen molar-refractivity contribution in [3.8, 4) is 0 Å². The fraction of sp³-hybridized carbons (Fsp3) is 0.333. The van der Waals surface area contributed by atoms with Crippen LogP contribution in [0.15, 0.2) is 51.8 Å². The second kappa shape index (κ2) is 9.08. The van der Waals surface area contributed by atoms with Gasteiger partial charge in [0.05, 0.1) is 10.6 Å². The molecule has 2 aromatic carbocycles. The van der Waals surface area contributed by atoms with Gasteiger partial charge in [0, 0.05) is 49.1 Å². The summed E-state index contributed by atoms with van der Waals surface area (Å²) >= 11 is 3.46. The maximum Gasteiger partial charge on any atom is 0.177 e. The molecule has 2 N–H and O–H groups in total. The van der Waals surface area contributed by atoms with Crippen LogP contribution in [0.1, 0.15) is 5.56 Å². The number of anilines is 2. The van der Waals surface area contributed by atoms with Crippen molar-refractivity contribution in [3.05, 3.63) is 52.5 Å². The third-order valence-corrected chi connectivity index (χ3v) is 5.86. The van der Waals surface area contributed by atoms with Gasteiger partial charge in [-0.25, -0.2) is 8.42 Å². The molecular formula is C18H23BrClN3O2S. The molecule has 0 aliphatic carbocycles. The van der Waals surface area contributed by atoms with Crippen LogP contribution < -0.4 is 15.5 Å². The van der Waals surface area contributed by atoms with E-state index in [1.807, 2.05) is 36.4 Å². The fourth-order valence-corrected chi connectivity index (χ4v) is 4.24. The molecule has 1 saturated heterocycles. The van der Waals surface area contributed by atoms with Crippen LogP contribution in [-0.2, 0) is 16.4 Å². The van der Waals surface area contributed by atoms with Gasteiger partial charge in [0.25, 0.3) is 0 Å². The van der Waals surface area contributed by atoms with Gasteiger partial charge in [-0.05, 0) is 35.9 Å². The lowest BCUT2D eigenvalue weighted by Crippen LogP contribution is -2.43. The fourth-order valence-electron chi connectivity index (χ4n) is 2.94. The average molecular weight is 461 g/mol. The van der Waals surface area contributed by atoms with Crippen LogP contribution in [0.4, 0.5) is 11.4 Å². The molecule has 0 atom stereocenters. The highest BCUT2D eigenvalue weighted by Crippen LogP contribution is 2.28. The molecule has 8 heteroatoms. The molecule has 1 heterocycles. The molecule has 0 aromatic heterocycles. The highest BCUT2D eigenvalue weighted by atomic mass is 79.9. The quantitative estimate of drug-likeness (QED) is 0.717. The van der Waals surface area contributed by atoms with E-state index in [0.717, 1.165) is 41.9 Å². The minimum Gasteiger partial charge on any atom is -0.380 e. The lowest BCUT2D eigenvalue weighted by molar-refractivity contribution is 0.589. The van der Waals surface area contributed by atoms with Gasteiger partial charge >= 0.3 is 0 Å². The Kier molecular flexibility index (Phi) is 7.34. The summed E-state index contributed by atoms with van der Waals surface area (Å²) in [4.78, 5) is 2.61. The molecule has 3 rings (SSSR count). The Hall–Kier alpha value is -1.28. The predicted octanol–water partition coefficient (Wildman–Crippen LogP) is 3.30. The standard InChI is InChI=1S/C18H22BrN3O2S.ClH/c1-25(23,24)18-6-5-16(22-9-7-20-8-10-22)12-17(18)21-13-14-3-2-4-15(19)11-14;/h2-6,11-12,20-21H,7-10,13H2,1H3;1H. The summed E-state index contributed by atoms with van der Waals surface area (Å²) in [5, 5.41) is 6.63. The topological polar surface area (TPSA) is 61.4 Å². The first-order chi connectivity index (χ1) is 11.9. The highest BCUT2D eigenvalue weighted by Gasteiger charge is 2.17. The number of benzene rings is 2. The molecule has 1 fully saturated rings. The van der Waals surface area contributed by atoms with E-state index < -0.39 is 9.84 Å². The van der Waals surface area contributed by atoms with Crippen LogP contribution in [-0.4, -0.2) is 40.9 Å². The van der Waals surface area contributed by atoms with Gasteiger partial charge in [-0.3, -0.25) is 0 Å². The molecule has 1 aliphatic rings. The Morgan fingerprint density at radius 2 is 1.88 bits per heavy atom. The number of rotatable bonds is 5. The molecule has 142 valence electrons. The van der Waals surface area contributed by atoms with Crippen molar-refractivity contribution in [2.75, 3.05) is 42.7 Å². The van der Waals surface area contributed by atoms with Gasteiger partial charge in [0.2, 0.25) is 0 Å². The van der Waals surface area contributed by atoms with Gasteiger partial charge < -0.3 is 15.5 Å². The summed E-state index contributed by atoms with van der Waals surface area (Å²) in [6, 6.07) is 13.5. The Morgan fingerprint density at radius 3 is 2.54 bits per heavy atom. The smallest absolute Gasteiger partial charge is 0.177 e. The Balaban J connectivity index is 0.00000243.